The first-order valence-corrected chi connectivity index (χ1v) is 5.84. The zero-order chi connectivity index (χ0) is 12.4. The van der Waals surface area contributed by atoms with Crippen LogP contribution in [-0.4, -0.2) is 38.1 Å². The number of fused-ring (bicyclic) bond motifs is 1. The van der Waals surface area contributed by atoms with Crippen LogP contribution < -0.4 is 10.1 Å². The van der Waals surface area contributed by atoms with Crippen molar-refractivity contribution in [3.63, 3.8) is 0 Å². The number of hydrogen-bond acceptors (Lipinski definition) is 3. The second kappa shape index (κ2) is 4.94. The summed E-state index contributed by atoms with van der Waals surface area (Å²) >= 11 is 6.00. The molecule has 92 valence electrons. The molecule has 1 aliphatic rings. The van der Waals surface area contributed by atoms with Gasteiger partial charge in [0.05, 0.1) is 18.8 Å². The van der Waals surface area contributed by atoms with Crippen molar-refractivity contribution >= 4 is 23.2 Å². The summed E-state index contributed by atoms with van der Waals surface area (Å²) < 4.78 is 5.50. The molecule has 0 aromatic heterocycles. The van der Waals surface area contributed by atoms with Gasteiger partial charge in [-0.05, 0) is 26.2 Å². The highest BCUT2D eigenvalue weighted by Crippen LogP contribution is 2.36. The van der Waals surface area contributed by atoms with E-state index in [0.717, 1.165) is 17.7 Å². The first kappa shape index (κ1) is 12.2. The van der Waals surface area contributed by atoms with Crippen LogP contribution in [0.15, 0.2) is 12.1 Å². The molecule has 0 spiro atoms. The van der Waals surface area contributed by atoms with Crippen molar-refractivity contribution in [3.05, 3.63) is 22.7 Å². The second-order valence-corrected chi connectivity index (χ2v) is 4.76. The fraction of sp³-hybridized carbons (Fsp3) is 0.417. The van der Waals surface area contributed by atoms with Crippen molar-refractivity contribution in [2.45, 2.75) is 6.42 Å². The lowest BCUT2D eigenvalue weighted by Crippen LogP contribution is -2.27. The minimum absolute atomic E-state index is 0.0741. The number of benzene rings is 1. The molecule has 1 aliphatic heterocycles. The molecule has 0 radical (unpaired) electrons. The number of rotatable bonds is 3. The van der Waals surface area contributed by atoms with E-state index in [-0.39, 0.29) is 5.91 Å². The molecule has 17 heavy (non-hydrogen) atoms. The van der Waals surface area contributed by atoms with E-state index in [1.165, 1.54) is 0 Å². The zero-order valence-corrected chi connectivity index (χ0v) is 10.7. The fourth-order valence-electron chi connectivity index (χ4n) is 1.84. The van der Waals surface area contributed by atoms with Crippen LogP contribution in [0.25, 0.3) is 0 Å². The summed E-state index contributed by atoms with van der Waals surface area (Å²) in [6.45, 7) is 0.980. The number of hydrogen-bond donors (Lipinski definition) is 1. The van der Waals surface area contributed by atoms with Gasteiger partial charge in [0, 0.05) is 17.0 Å². The van der Waals surface area contributed by atoms with E-state index in [4.69, 9.17) is 16.3 Å². The van der Waals surface area contributed by atoms with E-state index in [2.05, 4.69) is 5.32 Å². The zero-order valence-electron chi connectivity index (χ0n) is 9.92. The number of carbonyl (C=O) groups is 1. The van der Waals surface area contributed by atoms with E-state index in [1.807, 2.05) is 20.2 Å². The molecule has 4 nitrogen and oxygen atoms in total. The molecule has 1 aromatic carbocycles. The Labute approximate surface area is 106 Å². The van der Waals surface area contributed by atoms with Gasteiger partial charge in [-0.1, -0.05) is 11.6 Å². The molecule has 1 N–H and O–H groups in total. The lowest BCUT2D eigenvalue weighted by Gasteiger charge is -2.13. The van der Waals surface area contributed by atoms with Crippen molar-refractivity contribution in [1.29, 1.82) is 0 Å². The largest absolute Gasteiger partial charge is 0.491 e. The lowest BCUT2D eigenvalue weighted by molar-refractivity contribution is -0.116. The Kier molecular flexibility index (Phi) is 3.54. The van der Waals surface area contributed by atoms with Crippen molar-refractivity contribution in [1.82, 2.24) is 4.90 Å². The Morgan fingerprint density at radius 2 is 2.29 bits per heavy atom. The molecule has 1 amide bonds. The maximum Gasteiger partial charge on any atom is 0.238 e. The molecule has 0 saturated heterocycles. The van der Waals surface area contributed by atoms with Gasteiger partial charge in [-0.15, -0.1) is 0 Å². The maximum absolute atomic E-state index is 11.7. The first-order valence-electron chi connectivity index (χ1n) is 5.46. The maximum atomic E-state index is 11.7. The van der Waals surface area contributed by atoms with Crippen LogP contribution >= 0.6 is 11.6 Å². The number of anilines is 1. The van der Waals surface area contributed by atoms with Crippen molar-refractivity contribution in [2.24, 2.45) is 0 Å². The predicted molar refractivity (Wildman–Crippen MR) is 67.8 cm³/mol. The molecule has 1 heterocycles. The van der Waals surface area contributed by atoms with Crippen molar-refractivity contribution < 1.29 is 9.53 Å². The van der Waals surface area contributed by atoms with E-state index in [0.29, 0.717) is 23.9 Å². The molecular weight excluding hydrogens is 240 g/mol. The van der Waals surface area contributed by atoms with Crippen molar-refractivity contribution in [3.8, 4) is 5.75 Å². The molecular formula is C12H15ClN2O2. The van der Waals surface area contributed by atoms with Gasteiger partial charge < -0.3 is 15.0 Å². The molecule has 0 unspecified atom stereocenters. The third-order valence-electron chi connectivity index (χ3n) is 2.48. The Morgan fingerprint density at radius 3 is 3.00 bits per heavy atom. The number of amides is 1. The average molecular weight is 255 g/mol. The summed E-state index contributed by atoms with van der Waals surface area (Å²) in [5, 5.41) is 3.44. The monoisotopic (exact) mass is 254 g/mol. The third kappa shape index (κ3) is 2.90. The highest BCUT2D eigenvalue weighted by molar-refractivity contribution is 6.31. The summed E-state index contributed by atoms with van der Waals surface area (Å²) in [6, 6.07) is 3.60. The van der Waals surface area contributed by atoms with Gasteiger partial charge in [-0.3, -0.25) is 4.79 Å². The number of nitrogens with one attached hydrogen (secondary N) is 1. The Hall–Kier alpha value is -1.26. The predicted octanol–water partition coefficient (Wildman–Crippen LogP) is 1.77. The van der Waals surface area contributed by atoms with E-state index in [9.17, 15) is 4.79 Å². The van der Waals surface area contributed by atoms with Gasteiger partial charge in [0.15, 0.2) is 0 Å². The number of likely N-dealkylation sites (N-methyl/N-ethyl adjacent to an activating group) is 1. The Balaban J connectivity index is 2.18. The van der Waals surface area contributed by atoms with Crippen LogP contribution in [0.3, 0.4) is 0 Å². The summed E-state index contributed by atoms with van der Waals surface area (Å²) in [4.78, 5) is 13.5. The lowest BCUT2D eigenvalue weighted by atomic mass is 10.1. The molecule has 2 rings (SSSR count). The summed E-state index contributed by atoms with van der Waals surface area (Å²) in [6.07, 6.45) is 0.840. The van der Waals surface area contributed by atoms with Crippen LogP contribution in [0, 0.1) is 0 Å². The quantitative estimate of drug-likeness (QED) is 0.894. The van der Waals surface area contributed by atoms with Gasteiger partial charge in [0.25, 0.3) is 0 Å². The summed E-state index contributed by atoms with van der Waals surface area (Å²) in [5.74, 6) is 0.677. The van der Waals surface area contributed by atoms with Gasteiger partial charge in [-0.2, -0.15) is 0 Å². The van der Waals surface area contributed by atoms with Gasteiger partial charge in [-0.25, -0.2) is 0 Å². The van der Waals surface area contributed by atoms with E-state index in [1.54, 1.807) is 11.0 Å². The second-order valence-electron chi connectivity index (χ2n) is 4.33. The molecule has 0 aliphatic carbocycles. The number of halogens is 1. The highest BCUT2D eigenvalue weighted by Gasteiger charge is 2.19. The fourth-order valence-corrected chi connectivity index (χ4v) is 2.08. The number of nitrogens with zero attached hydrogens (tertiary/aromatic N) is 1. The van der Waals surface area contributed by atoms with Gasteiger partial charge in [0.1, 0.15) is 5.75 Å². The van der Waals surface area contributed by atoms with Gasteiger partial charge >= 0.3 is 0 Å². The highest BCUT2D eigenvalue weighted by atomic mass is 35.5. The van der Waals surface area contributed by atoms with Crippen LogP contribution in [0.1, 0.15) is 5.56 Å². The standard InChI is InChI=1S/C12H15ClN2O2/c1-15(2)7-11(16)14-10-6-9(13)5-8-3-4-17-12(8)10/h5-6H,3-4,7H2,1-2H3,(H,14,16). The van der Waals surface area contributed by atoms with Crippen LogP contribution in [0.4, 0.5) is 5.69 Å². The normalized spacial score (nSPS) is 13.4. The molecule has 0 atom stereocenters. The van der Waals surface area contributed by atoms with Crippen LogP contribution in [-0.2, 0) is 11.2 Å². The minimum atomic E-state index is -0.0741. The van der Waals surface area contributed by atoms with Crippen LogP contribution in [0.2, 0.25) is 5.02 Å². The molecule has 1 aromatic rings. The van der Waals surface area contributed by atoms with Crippen molar-refractivity contribution in [2.75, 3.05) is 32.6 Å². The molecule has 5 heteroatoms. The topological polar surface area (TPSA) is 41.6 Å². The SMILES string of the molecule is CN(C)CC(=O)Nc1cc(Cl)cc2c1OCC2. The number of carbonyl (C=O) groups excluding carboxylic acids is 1. The van der Waals surface area contributed by atoms with Crippen LogP contribution in [0.5, 0.6) is 5.75 Å². The Bertz CT molecular complexity index is 446. The third-order valence-corrected chi connectivity index (χ3v) is 2.70. The Morgan fingerprint density at radius 1 is 1.53 bits per heavy atom. The summed E-state index contributed by atoms with van der Waals surface area (Å²) in [5.41, 5.74) is 1.72. The number of ether oxygens (including phenoxy) is 1. The minimum Gasteiger partial charge on any atom is -0.491 e. The summed E-state index contributed by atoms with van der Waals surface area (Å²) in [7, 11) is 3.69. The van der Waals surface area contributed by atoms with Gasteiger partial charge in [0.2, 0.25) is 5.91 Å². The van der Waals surface area contributed by atoms with E-state index < -0.39 is 0 Å². The van der Waals surface area contributed by atoms with E-state index >= 15 is 0 Å². The molecule has 0 saturated carbocycles. The molecule has 0 fully saturated rings. The first-order chi connectivity index (χ1) is 8.06. The molecule has 0 bridgehead atoms. The smallest absolute Gasteiger partial charge is 0.238 e. The average Bonchev–Trinajstić information content (AvgIpc) is 2.63.